The van der Waals surface area contributed by atoms with Gasteiger partial charge in [0, 0.05) is 18.6 Å². The normalized spacial score (nSPS) is 10.9. The summed E-state index contributed by atoms with van der Waals surface area (Å²) in [6, 6.07) is 74.9. The molecular formula is C60H42IrN3. The number of pyridine rings is 3. The van der Waals surface area contributed by atoms with Crippen molar-refractivity contribution in [2.75, 3.05) is 0 Å². The van der Waals surface area contributed by atoms with Crippen LogP contribution in [0.5, 0.6) is 0 Å². The Kier molecular flexibility index (Phi) is 12.2. The topological polar surface area (TPSA) is 38.7 Å². The summed E-state index contributed by atoms with van der Waals surface area (Å²) in [4.78, 5) is 13.8. The maximum absolute atomic E-state index is 4.60. The van der Waals surface area contributed by atoms with Crippen molar-refractivity contribution < 1.29 is 20.1 Å². The van der Waals surface area contributed by atoms with Gasteiger partial charge in [-0.05, 0) is 86.9 Å². The van der Waals surface area contributed by atoms with Crippen LogP contribution in [-0.4, -0.2) is 15.0 Å². The van der Waals surface area contributed by atoms with Gasteiger partial charge in [0.2, 0.25) is 0 Å². The molecule has 64 heavy (non-hydrogen) atoms. The molecule has 0 spiro atoms. The van der Waals surface area contributed by atoms with E-state index in [0.29, 0.717) is 0 Å². The SMILES string of the molecule is Cc1cc(-c2ccccn2)[c-]cc1-c1ccccc1-c1cc(-c2ccccc2-c2c[c-]c(-c3ccccn3)cc2C)cc(-c2ccccc2-c2c[c-]c(-c3ccccn3)cc2C)c1.[Ir+3]. The molecule has 0 unspecified atom stereocenters. The second-order valence-electron chi connectivity index (χ2n) is 15.9. The molecule has 0 saturated carbocycles. The van der Waals surface area contributed by atoms with Crippen LogP contribution in [0.4, 0.5) is 0 Å². The Morgan fingerprint density at radius 3 is 0.812 bits per heavy atom. The van der Waals surface area contributed by atoms with Gasteiger partial charge in [-0.3, -0.25) is 0 Å². The van der Waals surface area contributed by atoms with Crippen molar-refractivity contribution in [3.8, 4) is 101 Å². The summed E-state index contributed by atoms with van der Waals surface area (Å²) in [5.41, 5.74) is 22.8. The molecule has 4 heteroatoms. The van der Waals surface area contributed by atoms with E-state index in [1.165, 1.54) is 0 Å². The predicted molar refractivity (Wildman–Crippen MR) is 259 cm³/mol. The first kappa shape index (κ1) is 42.0. The first-order valence-corrected chi connectivity index (χ1v) is 21.2. The van der Waals surface area contributed by atoms with Gasteiger partial charge in [0.15, 0.2) is 0 Å². The van der Waals surface area contributed by atoms with E-state index in [4.69, 9.17) is 0 Å². The second-order valence-corrected chi connectivity index (χ2v) is 15.9. The summed E-state index contributed by atoms with van der Waals surface area (Å²) >= 11 is 0. The number of benzene rings is 7. The summed E-state index contributed by atoms with van der Waals surface area (Å²) in [6.45, 7) is 6.53. The van der Waals surface area contributed by atoms with Crippen LogP contribution >= 0.6 is 0 Å². The van der Waals surface area contributed by atoms with Crippen molar-refractivity contribution in [3.63, 3.8) is 0 Å². The van der Waals surface area contributed by atoms with Crippen molar-refractivity contribution >= 4 is 0 Å². The van der Waals surface area contributed by atoms with Crippen molar-refractivity contribution in [3.05, 3.63) is 235 Å². The quantitative estimate of drug-likeness (QED) is 0.135. The Bertz CT molecular complexity index is 2890. The Hall–Kier alpha value is -7.36. The average Bonchev–Trinajstić information content (AvgIpc) is 3.34. The summed E-state index contributed by atoms with van der Waals surface area (Å²) in [6.07, 6.45) is 5.49. The fraction of sp³-hybridized carbons (Fsp3) is 0.0500. The standard InChI is InChI=1S/C60H42N3.Ir/c1-40-34-43(58-22-10-13-31-61-58)25-28-49(40)55-19-7-4-16-52(55)46-37-47(53-17-5-8-20-56(53)50-29-26-44(35-41(50)2)59-23-11-14-32-62-59)39-48(38-46)54-18-6-9-21-57(54)51-30-27-45(36-42(51)3)60-24-12-15-33-63-60;/h4-24,28-39H,1-3H3;/q-3;+3. The van der Waals surface area contributed by atoms with E-state index >= 15 is 0 Å². The third-order valence-corrected chi connectivity index (χ3v) is 11.8. The monoisotopic (exact) mass is 997 g/mol. The first-order chi connectivity index (χ1) is 31.0. The molecule has 0 aliphatic carbocycles. The maximum Gasteiger partial charge on any atom is 3.00 e. The van der Waals surface area contributed by atoms with Gasteiger partial charge in [-0.15, -0.1) is 88.0 Å². The molecule has 0 atom stereocenters. The molecule has 7 aromatic carbocycles. The fourth-order valence-corrected chi connectivity index (χ4v) is 8.68. The molecule has 10 aromatic rings. The summed E-state index contributed by atoms with van der Waals surface area (Å²) < 4.78 is 0. The van der Waals surface area contributed by atoms with Crippen LogP contribution in [0.25, 0.3) is 101 Å². The van der Waals surface area contributed by atoms with E-state index in [1.54, 1.807) is 0 Å². The maximum atomic E-state index is 4.60. The van der Waals surface area contributed by atoms with Gasteiger partial charge < -0.3 is 15.0 Å². The number of rotatable bonds is 9. The second kappa shape index (κ2) is 18.5. The van der Waals surface area contributed by atoms with Crippen LogP contribution in [0.1, 0.15) is 16.7 Å². The van der Waals surface area contributed by atoms with Crippen molar-refractivity contribution in [1.82, 2.24) is 15.0 Å². The molecular weight excluding hydrogens is 955 g/mol. The fourth-order valence-electron chi connectivity index (χ4n) is 8.68. The molecule has 0 amide bonds. The van der Waals surface area contributed by atoms with E-state index in [0.717, 1.165) is 117 Å². The average molecular weight is 997 g/mol. The van der Waals surface area contributed by atoms with Crippen molar-refractivity contribution in [2.24, 2.45) is 0 Å². The van der Waals surface area contributed by atoms with Gasteiger partial charge >= 0.3 is 20.1 Å². The number of hydrogen-bond acceptors (Lipinski definition) is 3. The van der Waals surface area contributed by atoms with E-state index < -0.39 is 0 Å². The molecule has 0 bridgehead atoms. The molecule has 0 fully saturated rings. The molecule has 0 radical (unpaired) electrons. The zero-order valence-electron chi connectivity index (χ0n) is 35.7. The van der Waals surface area contributed by atoms with Crippen molar-refractivity contribution in [1.29, 1.82) is 0 Å². The molecule has 306 valence electrons. The Morgan fingerprint density at radius 2 is 0.562 bits per heavy atom. The van der Waals surface area contributed by atoms with E-state index in [2.05, 4.69) is 181 Å². The smallest absolute Gasteiger partial charge is 0.305 e. The largest absolute Gasteiger partial charge is 3.00 e. The Labute approximate surface area is 389 Å². The van der Waals surface area contributed by atoms with E-state index in [9.17, 15) is 0 Å². The van der Waals surface area contributed by atoms with Crippen LogP contribution in [0.15, 0.2) is 201 Å². The minimum atomic E-state index is 0. The molecule has 3 aromatic heterocycles. The molecule has 0 aliphatic rings. The number of hydrogen-bond donors (Lipinski definition) is 0. The van der Waals surface area contributed by atoms with E-state index in [1.807, 2.05) is 73.2 Å². The molecule has 0 aliphatic heterocycles. The minimum absolute atomic E-state index is 0. The molecule has 0 saturated heterocycles. The minimum Gasteiger partial charge on any atom is -0.305 e. The third kappa shape index (κ3) is 8.42. The Morgan fingerprint density at radius 1 is 0.297 bits per heavy atom. The molecule has 3 nitrogen and oxygen atoms in total. The zero-order valence-corrected chi connectivity index (χ0v) is 38.1. The van der Waals surface area contributed by atoms with Crippen LogP contribution in [0.3, 0.4) is 0 Å². The zero-order chi connectivity index (χ0) is 42.7. The van der Waals surface area contributed by atoms with Crippen LogP contribution < -0.4 is 0 Å². The molecule has 3 heterocycles. The van der Waals surface area contributed by atoms with Crippen LogP contribution in [0.2, 0.25) is 0 Å². The number of aryl methyl sites for hydroxylation is 3. The van der Waals surface area contributed by atoms with Gasteiger partial charge in [0.1, 0.15) is 0 Å². The first-order valence-electron chi connectivity index (χ1n) is 21.2. The van der Waals surface area contributed by atoms with Gasteiger partial charge in [-0.1, -0.05) is 163 Å². The number of nitrogens with zero attached hydrogens (tertiary/aromatic N) is 3. The van der Waals surface area contributed by atoms with E-state index in [-0.39, 0.29) is 20.1 Å². The molecule has 0 N–H and O–H groups in total. The molecule has 10 rings (SSSR count). The number of aromatic nitrogens is 3. The summed E-state index contributed by atoms with van der Waals surface area (Å²) in [7, 11) is 0. The van der Waals surface area contributed by atoms with Gasteiger partial charge in [0.25, 0.3) is 0 Å². The summed E-state index contributed by atoms with van der Waals surface area (Å²) in [5.74, 6) is 0. The van der Waals surface area contributed by atoms with Crippen LogP contribution in [-0.2, 0) is 20.1 Å². The predicted octanol–water partition coefficient (Wildman–Crippen LogP) is 15.2. The van der Waals surface area contributed by atoms with Crippen molar-refractivity contribution in [2.45, 2.75) is 20.8 Å². The van der Waals surface area contributed by atoms with Gasteiger partial charge in [-0.25, -0.2) is 0 Å². The Balaban J connectivity index is 0.00000518. The van der Waals surface area contributed by atoms with Gasteiger partial charge in [-0.2, -0.15) is 0 Å². The third-order valence-electron chi connectivity index (χ3n) is 11.8. The summed E-state index contributed by atoms with van der Waals surface area (Å²) in [5, 5.41) is 0. The van der Waals surface area contributed by atoms with Gasteiger partial charge in [0.05, 0.1) is 0 Å². The van der Waals surface area contributed by atoms with Crippen LogP contribution in [0, 0.1) is 39.0 Å².